The summed E-state index contributed by atoms with van der Waals surface area (Å²) in [4.78, 5) is 4.08. The molecule has 1 fully saturated rings. The van der Waals surface area contributed by atoms with E-state index in [4.69, 9.17) is 16.9 Å². The van der Waals surface area contributed by atoms with Crippen LogP contribution in [-0.4, -0.2) is 25.8 Å². The Bertz CT molecular complexity index is 505. The van der Waals surface area contributed by atoms with Gasteiger partial charge in [0, 0.05) is 12.1 Å². The van der Waals surface area contributed by atoms with Crippen molar-refractivity contribution in [2.75, 3.05) is 6.26 Å². The standard InChI is InChI=1S/C12H14ClN3OS/c1-18(17)16(8-14)11-4-2-3-10(11)9-5-6-12(13)15-7-9/h5-7,10-11H,2-4H2,1H3/t10-,11-,18?/m1/s1. The first-order valence-corrected chi connectivity index (χ1v) is 7.66. The van der Waals surface area contributed by atoms with Crippen LogP contribution < -0.4 is 0 Å². The van der Waals surface area contributed by atoms with Crippen LogP contribution >= 0.6 is 11.6 Å². The van der Waals surface area contributed by atoms with E-state index in [0.717, 1.165) is 24.8 Å². The van der Waals surface area contributed by atoms with Gasteiger partial charge in [-0.1, -0.05) is 17.7 Å². The second-order valence-corrected chi connectivity index (χ2v) is 6.00. The maximum absolute atomic E-state index is 11.6. The first-order valence-electron chi connectivity index (χ1n) is 5.77. The Kier molecular flexibility index (Phi) is 4.33. The molecule has 2 rings (SSSR count). The van der Waals surface area contributed by atoms with Crippen LogP contribution in [0.15, 0.2) is 18.3 Å². The highest BCUT2D eigenvalue weighted by Crippen LogP contribution is 2.36. The second-order valence-electron chi connectivity index (χ2n) is 4.37. The molecule has 1 aromatic heterocycles. The molecule has 0 amide bonds. The molecule has 0 saturated heterocycles. The van der Waals surface area contributed by atoms with Crippen molar-refractivity contribution in [2.45, 2.75) is 31.2 Å². The summed E-state index contributed by atoms with van der Waals surface area (Å²) < 4.78 is 13.0. The van der Waals surface area contributed by atoms with Gasteiger partial charge in [0.05, 0.1) is 0 Å². The average molecular weight is 284 g/mol. The fraction of sp³-hybridized carbons (Fsp3) is 0.500. The summed E-state index contributed by atoms with van der Waals surface area (Å²) in [5.74, 6) is 0.207. The van der Waals surface area contributed by atoms with Gasteiger partial charge in [-0.25, -0.2) is 4.98 Å². The number of aromatic nitrogens is 1. The van der Waals surface area contributed by atoms with Gasteiger partial charge in [0.1, 0.15) is 11.2 Å². The van der Waals surface area contributed by atoms with Gasteiger partial charge < -0.3 is 4.55 Å². The summed E-state index contributed by atoms with van der Waals surface area (Å²) in [5.41, 5.74) is 1.06. The summed E-state index contributed by atoms with van der Waals surface area (Å²) in [6.07, 6.45) is 8.24. The van der Waals surface area contributed by atoms with Crippen molar-refractivity contribution in [3.05, 3.63) is 29.0 Å². The zero-order valence-electron chi connectivity index (χ0n) is 10.0. The predicted octanol–water partition coefficient (Wildman–Crippen LogP) is 2.43. The molecule has 3 atom stereocenters. The summed E-state index contributed by atoms with van der Waals surface area (Å²) >= 11 is 5.77. The molecule has 96 valence electrons. The SMILES string of the molecule is CS([O-])=[N+](C#N)[C@@H]1CCC[C@@H]1c1ccc(Cl)nc1. The number of pyridine rings is 1. The van der Waals surface area contributed by atoms with Gasteiger partial charge >= 0.3 is 6.19 Å². The summed E-state index contributed by atoms with van der Waals surface area (Å²) in [5, 5.41) is 9.57. The van der Waals surface area contributed by atoms with Gasteiger partial charge in [-0.3, -0.25) is 0 Å². The van der Waals surface area contributed by atoms with E-state index < -0.39 is 11.0 Å². The number of nitriles is 1. The molecule has 0 aromatic carbocycles. The van der Waals surface area contributed by atoms with Crippen molar-refractivity contribution in [3.63, 3.8) is 0 Å². The van der Waals surface area contributed by atoms with Gasteiger partial charge in [-0.05, 0) is 37.1 Å². The van der Waals surface area contributed by atoms with Gasteiger partial charge in [-0.15, -0.1) is 11.0 Å². The molecule has 1 aliphatic rings. The summed E-state index contributed by atoms with van der Waals surface area (Å²) in [6.45, 7) is 0. The monoisotopic (exact) mass is 283 g/mol. The van der Waals surface area contributed by atoms with Crippen LogP contribution in [0.5, 0.6) is 0 Å². The molecule has 0 spiro atoms. The molecule has 1 aliphatic carbocycles. The Morgan fingerprint density at radius 3 is 2.89 bits per heavy atom. The van der Waals surface area contributed by atoms with Gasteiger partial charge in [0.25, 0.3) is 0 Å². The van der Waals surface area contributed by atoms with Crippen molar-refractivity contribution in [1.29, 1.82) is 5.26 Å². The predicted molar refractivity (Wildman–Crippen MR) is 69.6 cm³/mol. The van der Waals surface area contributed by atoms with Gasteiger partial charge in [0.15, 0.2) is 5.26 Å². The average Bonchev–Trinajstić information content (AvgIpc) is 2.79. The molecule has 1 aromatic rings. The number of hydrogen-bond donors (Lipinski definition) is 0. The molecular weight excluding hydrogens is 270 g/mol. The van der Waals surface area contributed by atoms with Crippen LogP contribution in [0.3, 0.4) is 0 Å². The molecule has 4 nitrogen and oxygen atoms in total. The van der Waals surface area contributed by atoms with Crippen LogP contribution in [0.2, 0.25) is 5.15 Å². The fourth-order valence-electron chi connectivity index (χ4n) is 2.54. The minimum atomic E-state index is -1.27. The van der Waals surface area contributed by atoms with Crippen LogP contribution in [0.25, 0.3) is 0 Å². The van der Waals surface area contributed by atoms with Crippen molar-refractivity contribution in [2.24, 2.45) is 0 Å². The number of hydrogen-bond acceptors (Lipinski definition) is 3. The lowest BCUT2D eigenvalue weighted by Crippen LogP contribution is -2.27. The van der Waals surface area contributed by atoms with Crippen molar-refractivity contribution < 1.29 is 8.50 Å². The molecule has 0 N–H and O–H groups in total. The molecule has 0 aliphatic heterocycles. The van der Waals surface area contributed by atoms with Gasteiger partial charge in [0.2, 0.25) is 0 Å². The lowest BCUT2D eigenvalue weighted by molar-refractivity contribution is -0.463. The highest BCUT2D eigenvalue weighted by atomic mass is 35.5. The minimum Gasteiger partial charge on any atom is -0.772 e. The minimum absolute atomic E-state index is 0.00353. The van der Waals surface area contributed by atoms with Crippen LogP contribution in [0.1, 0.15) is 30.7 Å². The van der Waals surface area contributed by atoms with Crippen LogP contribution in [-0.2, 0) is 11.0 Å². The maximum Gasteiger partial charge on any atom is 0.464 e. The third kappa shape index (κ3) is 2.72. The molecule has 1 heterocycles. The van der Waals surface area contributed by atoms with Crippen LogP contribution in [0, 0.1) is 11.5 Å². The topological polar surface area (TPSA) is 62.8 Å². The highest BCUT2D eigenvalue weighted by Gasteiger charge is 2.35. The van der Waals surface area contributed by atoms with E-state index in [0.29, 0.717) is 5.15 Å². The lowest BCUT2D eigenvalue weighted by atomic mass is 9.96. The second kappa shape index (κ2) is 5.79. The van der Waals surface area contributed by atoms with Crippen molar-refractivity contribution in [3.8, 4) is 6.19 Å². The normalized spacial score (nSPS) is 25.6. The van der Waals surface area contributed by atoms with E-state index in [1.807, 2.05) is 12.3 Å². The van der Waals surface area contributed by atoms with E-state index >= 15 is 0 Å². The first-order chi connectivity index (χ1) is 8.63. The Morgan fingerprint density at radius 2 is 2.33 bits per heavy atom. The molecule has 0 bridgehead atoms. The van der Waals surface area contributed by atoms with E-state index in [1.54, 1.807) is 18.5 Å². The maximum atomic E-state index is 11.6. The summed E-state index contributed by atoms with van der Waals surface area (Å²) in [7, 11) is -1.27. The fourth-order valence-corrected chi connectivity index (χ4v) is 3.40. The third-order valence-corrected chi connectivity index (χ3v) is 4.46. The smallest absolute Gasteiger partial charge is 0.464 e. The van der Waals surface area contributed by atoms with Crippen LogP contribution in [0.4, 0.5) is 0 Å². The molecule has 1 unspecified atom stereocenters. The van der Waals surface area contributed by atoms with E-state index in [-0.39, 0.29) is 12.0 Å². The van der Waals surface area contributed by atoms with E-state index in [2.05, 4.69) is 4.98 Å². The molecular formula is C12H14ClN3OS. The number of nitrogens with zero attached hydrogens (tertiary/aromatic N) is 3. The zero-order valence-corrected chi connectivity index (χ0v) is 11.6. The Morgan fingerprint density at radius 1 is 1.56 bits per heavy atom. The molecule has 6 heteroatoms. The Balaban J connectivity index is 2.31. The molecule has 0 radical (unpaired) electrons. The Hall–Kier alpha value is -0.960. The van der Waals surface area contributed by atoms with Crippen molar-refractivity contribution in [1.82, 2.24) is 4.98 Å². The largest absolute Gasteiger partial charge is 0.772 e. The first kappa shape index (κ1) is 13.5. The number of rotatable bonds is 2. The van der Waals surface area contributed by atoms with E-state index in [9.17, 15) is 4.55 Å². The zero-order chi connectivity index (χ0) is 13.1. The van der Waals surface area contributed by atoms with Crippen molar-refractivity contribution >= 4 is 22.6 Å². The summed E-state index contributed by atoms with van der Waals surface area (Å²) in [6, 6.07) is 3.70. The lowest BCUT2D eigenvalue weighted by Gasteiger charge is -2.20. The molecule has 18 heavy (non-hydrogen) atoms. The quantitative estimate of drug-likeness (QED) is 0.362. The number of halogens is 1. The van der Waals surface area contributed by atoms with Gasteiger partial charge in [-0.2, -0.15) is 3.95 Å². The van der Waals surface area contributed by atoms with E-state index in [1.165, 1.54) is 3.95 Å². The molecule has 1 saturated carbocycles. The third-order valence-electron chi connectivity index (χ3n) is 3.33. The Labute approximate surface area is 114 Å². The highest BCUT2D eigenvalue weighted by molar-refractivity contribution is 7.78.